The molecule has 0 amide bonds. The summed E-state index contributed by atoms with van der Waals surface area (Å²) < 4.78 is 7.58. The van der Waals surface area contributed by atoms with Gasteiger partial charge in [0.25, 0.3) is 0 Å². The summed E-state index contributed by atoms with van der Waals surface area (Å²) in [4.78, 5) is 4.79. The van der Waals surface area contributed by atoms with Crippen molar-refractivity contribution in [1.29, 1.82) is 5.26 Å². The molecule has 0 unspecified atom stereocenters. The summed E-state index contributed by atoms with van der Waals surface area (Å²) in [7, 11) is 1.69. The van der Waals surface area contributed by atoms with Gasteiger partial charge in [0.2, 0.25) is 0 Å². The molecule has 0 bridgehead atoms. The Bertz CT molecular complexity index is 1100. The second kappa shape index (κ2) is 5.77. The molecule has 0 spiro atoms. The molecule has 0 saturated heterocycles. The Hall–Kier alpha value is -3.00. The summed E-state index contributed by atoms with van der Waals surface area (Å²) in [6, 6.07) is 6.42. The fourth-order valence-electron chi connectivity index (χ4n) is 4.08. The summed E-state index contributed by atoms with van der Waals surface area (Å²) >= 11 is 0. The second-order valence-electron chi connectivity index (χ2n) is 7.01. The molecule has 0 radical (unpaired) electrons. The number of hydrogen-bond acceptors (Lipinski definition) is 4. The molecule has 4 rings (SSSR count). The third kappa shape index (κ3) is 2.12. The number of hydrogen-bond donors (Lipinski definition) is 1. The highest BCUT2D eigenvalue weighted by Crippen LogP contribution is 2.40. The minimum absolute atomic E-state index is 0.449. The lowest BCUT2D eigenvalue weighted by molar-refractivity contribution is 0.411. The Morgan fingerprint density at radius 1 is 1.23 bits per heavy atom. The van der Waals surface area contributed by atoms with Gasteiger partial charge in [-0.2, -0.15) is 5.26 Å². The number of benzene rings is 1. The van der Waals surface area contributed by atoms with E-state index in [0.29, 0.717) is 11.4 Å². The maximum atomic E-state index is 9.70. The fraction of sp³-hybridized carbons (Fsp3) is 0.333. The van der Waals surface area contributed by atoms with E-state index in [0.717, 1.165) is 58.6 Å². The number of nitrogen functional groups attached to an aromatic ring is 1. The number of pyridine rings is 1. The molecule has 0 aliphatic heterocycles. The standard InChI is InChI=1S/C21H22N4O/c1-11-8-16-17(10-22)20(23)25(21(16)24-13(11)3)19-12(2)18(26-4)9-14-6-5-7-15(14)19/h8-9H,5-7,23H2,1-4H3. The van der Waals surface area contributed by atoms with Gasteiger partial charge in [0.1, 0.15) is 28.8 Å². The number of fused-ring (bicyclic) bond motifs is 2. The number of nitrogens with zero attached hydrogens (tertiary/aromatic N) is 3. The summed E-state index contributed by atoms with van der Waals surface area (Å²) in [5, 5.41) is 10.5. The molecule has 3 aromatic rings. The number of nitriles is 1. The highest BCUT2D eigenvalue weighted by Gasteiger charge is 2.26. The Labute approximate surface area is 153 Å². The second-order valence-corrected chi connectivity index (χ2v) is 7.01. The molecule has 132 valence electrons. The number of aryl methyl sites for hydroxylation is 3. The molecular weight excluding hydrogens is 324 g/mol. The summed E-state index contributed by atoms with van der Waals surface area (Å²) in [5.41, 5.74) is 14.3. The summed E-state index contributed by atoms with van der Waals surface area (Å²) in [6.07, 6.45) is 3.15. The van der Waals surface area contributed by atoms with Crippen LogP contribution in [0.4, 0.5) is 5.82 Å². The van der Waals surface area contributed by atoms with Crippen molar-refractivity contribution >= 4 is 16.9 Å². The van der Waals surface area contributed by atoms with E-state index < -0.39 is 0 Å². The lowest BCUT2D eigenvalue weighted by Crippen LogP contribution is -2.08. The highest BCUT2D eigenvalue weighted by atomic mass is 16.5. The molecule has 1 aliphatic rings. The van der Waals surface area contributed by atoms with Gasteiger partial charge in [0, 0.05) is 16.6 Å². The number of ether oxygens (including phenoxy) is 1. The average molecular weight is 346 g/mol. The fourth-order valence-corrected chi connectivity index (χ4v) is 4.08. The van der Waals surface area contributed by atoms with Crippen molar-refractivity contribution in [2.45, 2.75) is 40.0 Å². The molecule has 2 aromatic heterocycles. The van der Waals surface area contributed by atoms with Crippen LogP contribution in [0.15, 0.2) is 12.1 Å². The number of methoxy groups -OCH3 is 1. The van der Waals surface area contributed by atoms with Crippen molar-refractivity contribution in [3.05, 3.63) is 45.6 Å². The molecule has 0 atom stereocenters. The zero-order valence-corrected chi connectivity index (χ0v) is 15.6. The van der Waals surface area contributed by atoms with E-state index in [2.05, 4.69) is 12.1 Å². The van der Waals surface area contributed by atoms with Crippen LogP contribution in [0.3, 0.4) is 0 Å². The van der Waals surface area contributed by atoms with Crippen LogP contribution in [0.25, 0.3) is 16.7 Å². The van der Waals surface area contributed by atoms with Crippen molar-refractivity contribution in [3.63, 3.8) is 0 Å². The monoisotopic (exact) mass is 346 g/mol. The molecule has 0 saturated carbocycles. The molecule has 2 heterocycles. The molecule has 0 fully saturated rings. The van der Waals surface area contributed by atoms with Gasteiger partial charge >= 0.3 is 0 Å². The predicted octanol–water partition coefficient (Wildman–Crippen LogP) is 3.90. The third-order valence-corrected chi connectivity index (χ3v) is 5.56. The summed E-state index contributed by atoms with van der Waals surface area (Å²) in [5.74, 6) is 1.30. The SMILES string of the molecule is COc1cc2c(c(-n3c(N)c(C#N)c4cc(C)c(C)nc43)c1C)CCC2. The van der Waals surface area contributed by atoms with Gasteiger partial charge in [-0.25, -0.2) is 4.98 Å². The molecule has 2 N–H and O–H groups in total. The Morgan fingerprint density at radius 2 is 2.00 bits per heavy atom. The van der Waals surface area contributed by atoms with Crippen LogP contribution in [0.2, 0.25) is 0 Å². The largest absolute Gasteiger partial charge is 0.496 e. The zero-order valence-electron chi connectivity index (χ0n) is 15.6. The molecule has 1 aliphatic carbocycles. The van der Waals surface area contributed by atoms with Gasteiger partial charge in [-0.1, -0.05) is 0 Å². The average Bonchev–Trinajstić information content (AvgIpc) is 3.18. The zero-order chi connectivity index (χ0) is 18.6. The van der Waals surface area contributed by atoms with E-state index in [1.807, 2.05) is 31.4 Å². The third-order valence-electron chi connectivity index (χ3n) is 5.56. The minimum atomic E-state index is 0.449. The van der Waals surface area contributed by atoms with Gasteiger partial charge in [0.15, 0.2) is 0 Å². The van der Waals surface area contributed by atoms with E-state index in [1.54, 1.807) is 7.11 Å². The maximum Gasteiger partial charge on any atom is 0.147 e. The molecule has 1 aromatic carbocycles. The number of anilines is 1. The van der Waals surface area contributed by atoms with Gasteiger partial charge < -0.3 is 10.5 Å². The Balaban J connectivity index is 2.18. The van der Waals surface area contributed by atoms with Gasteiger partial charge in [-0.05, 0) is 68.9 Å². The van der Waals surface area contributed by atoms with Crippen molar-refractivity contribution in [1.82, 2.24) is 9.55 Å². The van der Waals surface area contributed by atoms with Crippen LogP contribution in [0, 0.1) is 32.1 Å². The van der Waals surface area contributed by atoms with Crippen molar-refractivity contribution < 1.29 is 4.74 Å². The topological polar surface area (TPSA) is 76.9 Å². The van der Waals surface area contributed by atoms with Gasteiger partial charge in [-0.3, -0.25) is 4.57 Å². The first kappa shape index (κ1) is 16.5. The Kier molecular flexibility index (Phi) is 3.66. The van der Waals surface area contributed by atoms with E-state index in [4.69, 9.17) is 15.5 Å². The van der Waals surface area contributed by atoms with Gasteiger partial charge in [-0.15, -0.1) is 0 Å². The first-order valence-corrected chi connectivity index (χ1v) is 8.85. The molecule has 5 heteroatoms. The van der Waals surface area contributed by atoms with E-state index in [9.17, 15) is 5.26 Å². The highest BCUT2D eigenvalue weighted by molar-refractivity contribution is 5.92. The van der Waals surface area contributed by atoms with Gasteiger partial charge in [0.05, 0.1) is 12.8 Å². The van der Waals surface area contributed by atoms with Crippen LogP contribution in [-0.2, 0) is 12.8 Å². The van der Waals surface area contributed by atoms with Crippen molar-refractivity contribution in [3.8, 4) is 17.5 Å². The normalized spacial score (nSPS) is 13.0. The van der Waals surface area contributed by atoms with E-state index >= 15 is 0 Å². The Morgan fingerprint density at radius 3 is 2.69 bits per heavy atom. The van der Waals surface area contributed by atoms with Crippen LogP contribution in [0.1, 0.15) is 39.9 Å². The van der Waals surface area contributed by atoms with Crippen LogP contribution < -0.4 is 10.5 Å². The number of rotatable bonds is 2. The maximum absolute atomic E-state index is 9.70. The quantitative estimate of drug-likeness (QED) is 0.763. The number of aromatic nitrogens is 2. The smallest absolute Gasteiger partial charge is 0.147 e. The van der Waals surface area contributed by atoms with E-state index in [-0.39, 0.29) is 0 Å². The lowest BCUT2D eigenvalue weighted by Gasteiger charge is -2.19. The first-order chi connectivity index (χ1) is 12.5. The first-order valence-electron chi connectivity index (χ1n) is 8.85. The van der Waals surface area contributed by atoms with Crippen molar-refractivity contribution in [2.24, 2.45) is 0 Å². The lowest BCUT2D eigenvalue weighted by atomic mass is 10.0. The van der Waals surface area contributed by atoms with Crippen molar-refractivity contribution in [2.75, 3.05) is 12.8 Å². The predicted molar refractivity (Wildman–Crippen MR) is 103 cm³/mol. The molecule has 26 heavy (non-hydrogen) atoms. The number of nitrogens with two attached hydrogens (primary N) is 1. The van der Waals surface area contributed by atoms with Crippen LogP contribution in [0.5, 0.6) is 5.75 Å². The van der Waals surface area contributed by atoms with E-state index in [1.165, 1.54) is 11.1 Å². The minimum Gasteiger partial charge on any atom is -0.496 e. The van der Waals surface area contributed by atoms with Crippen LogP contribution >= 0.6 is 0 Å². The molecule has 5 nitrogen and oxygen atoms in total. The molecular formula is C21H22N4O. The van der Waals surface area contributed by atoms with Crippen LogP contribution in [-0.4, -0.2) is 16.7 Å². The summed E-state index contributed by atoms with van der Waals surface area (Å²) in [6.45, 7) is 6.04.